The van der Waals surface area contributed by atoms with E-state index >= 15 is 0 Å². The second kappa shape index (κ2) is 8.80. The maximum atomic E-state index is 12.8. The minimum Gasteiger partial charge on any atom is -0.380 e. The number of thioether (sulfide) groups is 1. The first kappa shape index (κ1) is 19.0. The van der Waals surface area contributed by atoms with Crippen LogP contribution in [0.15, 0.2) is 64.3 Å². The third-order valence-corrected chi connectivity index (χ3v) is 6.99. The molecule has 2 aromatic carbocycles. The summed E-state index contributed by atoms with van der Waals surface area (Å²) in [5.74, 6) is 0.987. The van der Waals surface area contributed by atoms with Gasteiger partial charge in [-0.3, -0.25) is 4.79 Å². The number of aromatic nitrogens is 1. The standard InChI is InChI=1S/C22H23N3OS2/c1-16-14-27-22(23-16)28-15-17-7-9-18(10-8-17)21(26)25-12-11-20(13-25)24-19-5-3-2-4-6-19/h2-10,14,20,24H,11-13,15H2,1H3. The third kappa shape index (κ3) is 4.75. The number of carbonyl (C=O) groups excluding carboxylic acids is 1. The molecule has 2 heterocycles. The lowest BCUT2D eigenvalue weighted by molar-refractivity contribution is 0.0791. The van der Waals surface area contributed by atoms with Gasteiger partial charge in [0.2, 0.25) is 0 Å². The SMILES string of the molecule is Cc1csc(SCc2ccc(C(=O)N3CCC(Nc4ccccc4)C3)cc2)n1. The summed E-state index contributed by atoms with van der Waals surface area (Å²) in [4.78, 5) is 19.2. The number of hydrogen-bond acceptors (Lipinski definition) is 5. The Balaban J connectivity index is 1.31. The molecule has 144 valence electrons. The van der Waals surface area contributed by atoms with Gasteiger partial charge in [0.25, 0.3) is 5.91 Å². The van der Waals surface area contributed by atoms with Crippen LogP contribution in [-0.2, 0) is 5.75 Å². The van der Waals surface area contributed by atoms with Gasteiger partial charge in [-0.1, -0.05) is 42.1 Å². The molecular weight excluding hydrogens is 386 g/mol. The molecule has 1 N–H and O–H groups in total. The average Bonchev–Trinajstić information content (AvgIpc) is 3.36. The van der Waals surface area contributed by atoms with Crippen LogP contribution in [0.3, 0.4) is 0 Å². The first-order valence-electron chi connectivity index (χ1n) is 9.42. The Hall–Kier alpha value is -2.31. The minimum atomic E-state index is 0.118. The summed E-state index contributed by atoms with van der Waals surface area (Å²) in [7, 11) is 0. The van der Waals surface area contributed by atoms with E-state index in [4.69, 9.17) is 0 Å². The summed E-state index contributed by atoms with van der Waals surface area (Å²) in [6.07, 6.45) is 0.975. The Morgan fingerprint density at radius 3 is 2.71 bits per heavy atom. The van der Waals surface area contributed by atoms with Crippen LogP contribution in [0.25, 0.3) is 0 Å². The summed E-state index contributed by atoms with van der Waals surface area (Å²) >= 11 is 3.42. The number of carbonyl (C=O) groups is 1. The molecule has 1 saturated heterocycles. The summed E-state index contributed by atoms with van der Waals surface area (Å²) in [5, 5.41) is 5.59. The van der Waals surface area contributed by atoms with Gasteiger partial charge < -0.3 is 10.2 Å². The van der Waals surface area contributed by atoms with Gasteiger partial charge in [0.05, 0.1) is 0 Å². The van der Waals surface area contributed by atoms with Gasteiger partial charge in [-0.05, 0) is 43.2 Å². The van der Waals surface area contributed by atoms with E-state index in [1.807, 2.05) is 42.2 Å². The van der Waals surface area contributed by atoms with Crippen molar-refractivity contribution in [2.24, 2.45) is 0 Å². The number of amides is 1. The highest BCUT2D eigenvalue weighted by atomic mass is 32.2. The van der Waals surface area contributed by atoms with Gasteiger partial charge in [0.15, 0.2) is 0 Å². The minimum absolute atomic E-state index is 0.118. The highest BCUT2D eigenvalue weighted by molar-refractivity contribution is 8.00. The molecule has 1 unspecified atom stereocenters. The smallest absolute Gasteiger partial charge is 0.253 e. The fourth-order valence-corrected chi connectivity index (χ4v) is 5.11. The molecule has 1 aromatic heterocycles. The van der Waals surface area contributed by atoms with Crippen molar-refractivity contribution in [2.75, 3.05) is 18.4 Å². The number of rotatable bonds is 6. The quantitative estimate of drug-likeness (QED) is 0.577. The van der Waals surface area contributed by atoms with Crippen molar-refractivity contribution in [3.8, 4) is 0 Å². The predicted octanol–water partition coefficient (Wildman–Crippen LogP) is 5.07. The Morgan fingerprint density at radius 1 is 1.21 bits per heavy atom. The zero-order valence-corrected chi connectivity index (χ0v) is 17.4. The molecule has 6 heteroatoms. The molecule has 1 atom stereocenters. The Morgan fingerprint density at radius 2 is 2.00 bits per heavy atom. The van der Waals surface area contributed by atoms with Crippen molar-refractivity contribution in [1.29, 1.82) is 0 Å². The van der Waals surface area contributed by atoms with E-state index in [1.54, 1.807) is 23.1 Å². The molecule has 1 aliphatic rings. The number of hydrogen-bond donors (Lipinski definition) is 1. The average molecular weight is 410 g/mol. The van der Waals surface area contributed by atoms with Crippen LogP contribution in [0.5, 0.6) is 0 Å². The summed E-state index contributed by atoms with van der Waals surface area (Å²) < 4.78 is 1.09. The number of benzene rings is 2. The van der Waals surface area contributed by atoms with Gasteiger partial charge in [0, 0.05) is 47.2 Å². The van der Waals surface area contributed by atoms with E-state index in [-0.39, 0.29) is 5.91 Å². The van der Waals surface area contributed by atoms with E-state index in [9.17, 15) is 4.79 Å². The van der Waals surface area contributed by atoms with Crippen molar-refractivity contribution in [1.82, 2.24) is 9.88 Å². The molecule has 1 amide bonds. The molecule has 0 spiro atoms. The van der Waals surface area contributed by atoms with Crippen molar-refractivity contribution in [2.45, 2.75) is 29.5 Å². The molecule has 4 rings (SSSR count). The van der Waals surface area contributed by atoms with Crippen molar-refractivity contribution < 1.29 is 4.79 Å². The largest absolute Gasteiger partial charge is 0.380 e. The van der Waals surface area contributed by atoms with Crippen LogP contribution >= 0.6 is 23.1 Å². The van der Waals surface area contributed by atoms with Crippen LogP contribution in [0.2, 0.25) is 0 Å². The van der Waals surface area contributed by atoms with Crippen LogP contribution in [0.1, 0.15) is 28.0 Å². The number of para-hydroxylation sites is 1. The van der Waals surface area contributed by atoms with Gasteiger partial charge in [-0.25, -0.2) is 4.98 Å². The second-order valence-electron chi connectivity index (χ2n) is 6.99. The highest BCUT2D eigenvalue weighted by Gasteiger charge is 2.26. The molecule has 0 radical (unpaired) electrons. The fraction of sp³-hybridized carbons (Fsp3) is 0.273. The zero-order chi connectivity index (χ0) is 19.3. The van der Waals surface area contributed by atoms with Gasteiger partial charge >= 0.3 is 0 Å². The molecule has 0 aliphatic carbocycles. The fourth-order valence-electron chi connectivity index (χ4n) is 3.30. The maximum Gasteiger partial charge on any atom is 0.253 e. The molecule has 3 aromatic rings. The number of thiazole rings is 1. The zero-order valence-electron chi connectivity index (χ0n) is 15.8. The first-order valence-corrected chi connectivity index (χ1v) is 11.3. The molecule has 28 heavy (non-hydrogen) atoms. The maximum absolute atomic E-state index is 12.8. The van der Waals surface area contributed by atoms with Crippen molar-refractivity contribution in [3.63, 3.8) is 0 Å². The highest BCUT2D eigenvalue weighted by Crippen LogP contribution is 2.26. The first-order chi connectivity index (χ1) is 13.7. The number of likely N-dealkylation sites (tertiary alicyclic amines) is 1. The van der Waals surface area contributed by atoms with Crippen LogP contribution in [0.4, 0.5) is 5.69 Å². The lowest BCUT2D eigenvalue weighted by atomic mass is 10.1. The van der Waals surface area contributed by atoms with Crippen molar-refractivity contribution >= 4 is 34.7 Å². The Bertz CT molecular complexity index is 924. The Kier molecular flexibility index (Phi) is 5.98. The lowest BCUT2D eigenvalue weighted by Gasteiger charge is -2.18. The lowest BCUT2D eigenvalue weighted by Crippen LogP contribution is -2.31. The van der Waals surface area contributed by atoms with Crippen molar-refractivity contribution in [3.05, 3.63) is 76.8 Å². The van der Waals surface area contributed by atoms with E-state index in [2.05, 4.69) is 39.9 Å². The molecule has 4 nitrogen and oxygen atoms in total. The second-order valence-corrected chi connectivity index (χ2v) is 9.07. The van der Waals surface area contributed by atoms with Gasteiger partial charge in [0.1, 0.15) is 4.34 Å². The number of nitrogens with zero attached hydrogens (tertiary/aromatic N) is 2. The van der Waals surface area contributed by atoms with Crippen LogP contribution < -0.4 is 5.32 Å². The van der Waals surface area contributed by atoms with E-state index < -0.39 is 0 Å². The number of nitrogens with one attached hydrogen (secondary N) is 1. The summed E-state index contributed by atoms with van der Waals surface area (Å²) in [6.45, 7) is 3.55. The topological polar surface area (TPSA) is 45.2 Å². The Labute approximate surface area is 174 Å². The van der Waals surface area contributed by atoms with Gasteiger partial charge in [-0.2, -0.15) is 0 Å². The van der Waals surface area contributed by atoms with Gasteiger partial charge in [-0.15, -0.1) is 11.3 Å². The summed E-state index contributed by atoms with van der Waals surface area (Å²) in [5.41, 5.74) is 4.15. The third-order valence-electron chi connectivity index (χ3n) is 4.78. The van der Waals surface area contributed by atoms with E-state index in [0.29, 0.717) is 6.04 Å². The number of anilines is 1. The van der Waals surface area contributed by atoms with E-state index in [0.717, 1.165) is 46.5 Å². The molecule has 0 saturated carbocycles. The molecule has 1 aliphatic heterocycles. The number of aryl methyl sites for hydroxylation is 1. The predicted molar refractivity (Wildman–Crippen MR) is 117 cm³/mol. The van der Waals surface area contributed by atoms with Crippen LogP contribution in [0, 0.1) is 6.92 Å². The normalized spacial score (nSPS) is 16.3. The summed E-state index contributed by atoms with van der Waals surface area (Å²) in [6, 6.07) is 18.5. The van der Waals surface area contributed by atoms with Crippen LogP contribution in [-0.4, -0.2) is 34.9 Å². The monoisotopic (exact) mass is 409 g/mol. The molecular formula is C22H23N3OS2. The molecule has 1 fully saturated rings. The molecule has 0 bridgehead atoms. The van der Waals surface area contributed by atoms with E-state index in [1.165, 1.54) is 5.56 Å².